The maximum Gasteiger partial charge on any atom is 0.317 e. The highest BCUT2D eigenvalue weighted by Crippen LogP contribution is 2.16. The van der Waals surface area contributed by atoms with Gasteiger partial charge < -0.3 is 20.2 Å². The molecule has 1 rings (SSSR count). The lowest BCUT2D eigenvalue weighted by atomic mass is 10.1. The van der Waals surface area contributed by atoms with Gasteiger partial charge in [0.1, 0.15) is 0 Å². The van der Waals surface area contributed by atoms with Crippen molar-refractivity contribution in [3.8, 4) is 0 Å². The normalized spacial score (nSPS) is 12.2. The van der Waals surface area contributed by atoms with Crippen LogP contribution in [0.15, 0.2) is 30.3 Å². The van der Waals surface area contributed by atoms with Gasteiger partial charge in [-0.25, -0.2) is 4.79 Å². The molecule has 0 bridgehead atoms. The van der Waals surface area contributed by atoms with Crippen LogP contribution in [-0.4, -0.2) is 61.3 Å². The molecule has 5 nitrogen and oxygen atoms in total. The Kier molecular flexibility index (Phi) is 7.04. The minimum absolute atomic E-state index is 0.0168. The average Bonchev–Trinajstić information content (AvgIpc) is 2.45. The second kappa shape index (κ2) is 8.55. The number of amides is 2. The number of benzene rings is 1. The third-order valence-electron chi connectivity index (χ3n) is 3.29. The maximum atomic E-state index is 12.0. The van der Waals surface area contributed by atoms with Crippen LogP contribution in [0.25, 0.3) is 0 Å². The summed E-state index contributed by atoms with van der Waals surface area (Å²) in [7, 11) is 3.99. The summed E-state index contributed by atoms with van der Waals surface area (Å²) in [5, 5.41) is 11.9. The molecule has 20 heavy (non-hydrogen) atoms. The number of nitrogens with zero attached hydrogens (tertiary/aromatic N) is 2. The summed E-state index contributed by atoms with van der Waals surface area (Å²) in [6.07, 6.45) is 0. The Labute approximate surface area is 121 Å². The summed E-state index contributed by atoms with van der Waals surface area (Å²) in [4.78, 5) is 15.7. The summed E-state index contributed by atoms with van der Waals surface area (Å²) in [5.74, 6) is 0. The van der Waals surface area contributed by atoms with Crippen LogP contribution in [0.1, 0.15) is 18.5 Å². The molecule has 0 saturated carbocycles. The van der Waals surface area contributed by atoms with E-state index in [9.17, 15) is 4.79 Å². The van der Waals surface area contributed by atoms with Gasteiger partial charge in [0.2, 0.25) is 0 Å². The predicted octanol–water partition coefficient (Wildman–Crippen LogP) is 1.31. The Balaban J connectivity index is 2.62. The van der Waals surface area contributed by atoms with Gasteiger partial charge in [-0.05, 0) is 26.6 Å². The van der Waals surface area contributed by atoms with Crippen molar-refractivity contribution in [1.82, 2.24) is 15.1 Å². The lowest BCUT2D eigenvalue weighted by Gasteiger charge is -2.27. The number of aliphatic hydroxyl groups excluding tert-OH is 1. The van der Waals surface area contributed by atoms with Crippen molar-refractivity contribution in [3.63, 3.8) is 0 Å². The number of rotatable bonds is 7. The van der Waals surface area contributed by atoms with E-state index in [1.807, 2.05) is 39.2 Å². The molecule has 0 aliphatic carbocycles. The second-order valence-corrected chi connectivity index (χ2v) is 4.88. The molecule has 5 heteroatoms. The van der Waals surface area contributed by atoms with E-state index in [0.29, 0.717) is 19.6 Å². The number of urea groups is 1. The molecular weight excluding hydrogens is 254 g/mol. The molecule has 0 aliphatic heterocycles. The van der Waals surface area contributed by atoms with Gasteiger partial charge in [-0.1, -0.05) is 30.3 Å². The van der Waals surface area contributed by atoms with Crippen LogP contribution in [0.4, 0.5) is 4.79 Å². The summed E-state index contributed by atoms with van der Waals surface area (Å²) in [6.45, 7) is 3.37. The van der Waals surface area contributed by atoms with Gasteiger partial charge in [-0.3, -0.25) is 0 Å². The molecule has 0 spiro atoms. The zero-order valence-corrected chi connectivity index (χ0v) is 12.5. The van der Waals surface area contributed by atoms with E-state index in [4.69, 9.17) is 5.11 Å². The Morgan fingerprint density at radius 3 is 2.45 bits per heavy atom. The van der Waals surface area contributed by atoms with Crippen LogP contribution in [0.2, 0.25) is 0 Å². The number of likely N-dealkylation sites (N-methyl/N-ethyl adjacent to an activating group) is 2. The molecule has 0 radical (unpaired) electrons. The van der Waals surface area contributed by atoms with Gasteiger partial charge >= 0.3 is 6.03 Å². The number of carbonyl (C=O) groups is 1. The average molecular weight is 279 g/mol. The first-order valence-electron chi connectivity index (χ1n) is 6.95. The molecule has 112 valence electrons. The standard InChI is InChI=1S/C15H25N3O2/c1-4-18(10-11-19)15(20)16-12-14(17(2)3)13-8-6-5-7-9-13/h5-9,14,19H,4,10-12H2,1-3H3,(H,16,20). The number of carbonyl (C=O) groups excluding carboxylic acids is 1. The fraction of sp³-hybridized carbons (Fsp3) is 0.533. The minimum Gasteiger partial charge on any atom is -0.395 e. The van der Waals surface area contributed by atoms with E-state index in [1.165, 1.54) is 5.56 Å². The van der Waals surface area contributed by atoms with Crippen molar-refractivity contribution < 1.29 is 9.90 Å². The zero-order valence-electron chi connectivity index (χ0n) is 12.5. The predicted molar refractivity (Wildman–Crippen MR) is 80.6 cm³/mol. The number of aliphatic hydroxyl groups is 1. The van der Waals surface area contributed by atoms with E-state index < -0.39 is 0 Å². The fourth-order valence-electron chi connectivity index (χ4n) is 2.09. The molecule has 0 heterocycles. The van der Waals surface area contributed by atoms with Crippen LogP contribution in [0.5, 0.6) is 0 Å². The molecule has 1 aromatic rings. The summed E-state index contributed by atoms with van der Waals surface area (Å²) >= 11 is 0. The van der Waals surface area contributed by atoms with Gasteiger partial charge in [-0.2, -0.15) is 0 Å². The number of nitrogens with one attached hydrogen (secondary N) is 1. The molecular formula is C15H25N3O2. The largest absolute Gasteiger partial charge is 0.395 e. The maximum absolute atomic E-state index is 12.0. The first-order chi connectivity index (χ1) is 9.60. The van der Waals surface area contributed by atoms with E-state index >= 15 is 0 Å². The van der Waals surface area contributed by atoms with Crippen molar-refractivity contribution in [2.24, 2.45) is 0 Å². The molecule has 0 aliphatic rings. The first kappa shape index (κ1) is 16.5. The van der Waals surface area contributed by atoms with Crippen LogP contribution in [0, 0.1) is 0 Å². The number of hydrogen-bond acceptors (Lipinski definition) is 3. The van der Waals surface area contributed by atoms with Crippen LogP contribution < -0.4 is 5.32 Å². The van der Waals surface area contributed by atoms with Crippen LogP contribution in [0.3, 0.4) is 0 Å². The van der Waals surface area contributed by atoms with Crippen molar-refractivity contribution in [1.29, 1.82) is 0 Å². The van der Waals surface area contributed by atoms with E-state index in [0.717, 1.165) is 0 Å². The highest BCUT2D eigenvalue weighted by atomic mass is 16.3. The molecule has 1 unspecified atom stereocenters. The summed E-state index contributed by atoms with van der Waals surface area (Å²) in [6, 6.07) is 10.1. The first-order valence-corrected chi connectivity index (χ1v) is 6.95. The highest BCUT2D eigenvalue weighted by molar-refractivity contribution is 5.74. The van der Waals surface area contributed by atoms with E-state index in [1.54, 1.807) is 4.90 Å². The van der Waals surface area contributed by atoms with Gasteiger partial charge in [0.05, 0.1) is 12.6 Å². The monoisotopic (exact) mass is 279 g/mol. The molecule has 1 atom stereocenters. The topological polar surface area (TPSA) is 55.8 Å². The third-order valence-corrected chi connectivity index (χ3v) is 3.29. The van der Waals surface area contributed by atoms with Gasteiger partial charge in [0, 0.05) is 19.6 Å². The van der Waals surface area contributed by atoms with Crippen LogP contribution >= 0.6 is 0 Å². The Hall–Kier alpha value is -1.59. The fourth-order valence-corrected chi connectivity index (χ4v) is 2.09. The zero-order chi connectivity index (χ0) is 15.0. The Bertz CT molecular complexity index is 395. The van der Waals surface area contributed by atoms with Gasteiger partial charge in [0.25, 0.3) is 0 Å². The molecule has 2 N–H and O–H groups in total. The quantitative estimate of drug-likeness (QED) is 0.791. The van der Waals surface area contributed by atoms with Crippen molar-refractivity contribution in [3.05, 3.63) is 35.9 Å². The van der Waals surface area contributed by atoms with Crippen molar-refractivity contribution >= 4 is 6.03 Å². The molecule has 2 amide bonds. The lowest BCUT2D eigenvalue weighted by Crippen LogP contribution is -2.44. The highest BCUT2D eigenvalue weighted by Gasteiger charge is 2.17. The molecule has 0 fully saturated rings. The minimum atomic E-state index is -0.135. The molecule has 0 saturated heterocycles. The smallest absolute Gasteiger partial charge is 0.317 e. The SMILES string of the molecule is CCN(CCO)C(=O)NCC(c1ccccc1)N(C)C. The Morgan fingerprint density at radius 1 is 1.30 bits per heavy atom. The molecule has 1 aromatic carbocycles. The van der Waals surface area contributed by atoms with Gasteiger partial charge in [0.15, 0.2) is 0 Å². The van der Waals surface area contributed by atoms with Crippen LogP contribution in [-0.2, 0) is 0 Å². The van der Waals surface area contributed by atoms with Crippen molar-refractivity contribution in [2.75, 3.05) is 40.3 Å². The van der Waals surface area contributed by atoms with E-state index in [2.05, 4.69) is 22.3 Å². The second-order valence-electron chi connectivity index (χ2n) is 4.88. The summed E-state index contributed by atoms with van der Waals surface area (Å²) in [5.41, 5.74) is 1.17. The molecule has 0 aromatic heterocycles. The summed E-state index contributed by atoms with van der Waals surface area (Å²) < 4.78 is 0. The Morgan fingerprint density at radius 2 is 1.95 bits per heavy atom. The lowest BCUT2D eigenvalue weighted by molar-refractivity contribution is 0.176. The number of hydrogen-bond donors (Lipinski definition) is 2. The van der Waals surface area contributed by atoms with Crippen molar-refractivity contribution in [2.45, 2.75) is 13.0 Å². The van der Waals surface area contributed by atoms with E-state index in [-0.39, 0.29) is 18.7 Å². The van der Waals surface area contributed by atoms with Gasteiger partial charge in [-0.15, -0.1) is 0 Å². The third kappa shape index (κ3) is 4.83.